The summed E-state index contributed by atoms with van der Waals surface area (Å²) in [6.07, 6.45) is -0.596. The average Bonchev–Trinajstić information content (AvgIpc) is 2.71. The van der Waals surface area contributed by atoms with Crippen LogP contribution in [0.2, 0.25) is 10.0 Å². The van der Waals surface area contributed by atoms with Crippen molar-refractivity contribution in [1.29, 1.82) is 0 Å². The Kier molecular flexibility index (Phi) is 4.22. The van der Waals surface area contributed by atoms with Crippen LogP contribution in [0, 0.1) is 0 Å². The van der Waals surface area contributed by atoms with Gasteiger partial charge in [-0.25, -0.2) is 4.79 Å². The van der Waals surface area contributed by atoms with Gasteiger partial charge in [0.15, 0.2) is 5.76 Å². The predicted octanol–water partition coefficient (Wildman–Crippen LogP) is 3.62. The van der Waals surface area contributed by atoms with Gasteiger partial charge in [0.05, 0.1) is 22.2 Å². The van der Waals surface area contributed by atoms with Crippen molar-refractivity contribution in [2.24, 2.45) is 0 Å². The maximum Gasteiger partial charge on any atom is 0.377 e. The molecule has 1 aliphatic rings. The van der Waals surface area contributed by atoms with E-state index in [-0.39, 0.29) is 18.1 Å². The molecule has 19 heavy (non-hydrogen) atoms. The van der Waals surface area contributed by atoms with Crippen LogP contribution in [0.15, 0.2) is 24.0 Å². The third-order valence-corrected chi connectivity index (χ3v) is 3.05. The van der Waals surface area contributed by atoms with E-state index in [4.69, 9.17) is 37.4 Å². The van der Waals surface area contributed by atoms with Gasteiger partial charge in [0.1, 0.15) is 0 Å². The highest BCUT2D eigenvalue weighted by atomic mass is 35.5. The highest BCUT2D eigenvalue weighted by Gasteiger charge is 2.33. The van der Waals surface area contributed by atoms with Gasteiger partial charge < -0.3 is 14.2 Å². The van der Waals surface area contributed by atoms with Gasteiger partial charge in [-0.05, 0) is 19.1 Å². The van der Waals surface area contributed by atoms with Crippen LogP contribution >= 0.6 is 23.2 Å². The van der Waals surface area contributed by atoms with Gasteiger partial charge in [-0.15, -0.1) is 0 Å². The topological polar surface area (TPSA) is 44.8 Å². The fourth-order valence-electron chi connectivity index (χ4n) is 1.69. The Morgan fingerprint density at radius 2 is 1.95 bits per heavy atom. The fraction of sp³-hybridized carbons (Fsp3) is 0.308. The highest BCUT2D eigenvalue weighted by Crippen LogP contribution is 2.38. The van der Waals surface area contributed by atoms with Crippen molar-refractivity contribution in [3.05, 3.63) is 39.6 Å². The molecule has 0 spiro atoms. The van der Waals surface area contributed by atoms with Crippen molar-refractivity contribution in [2.75, 3.05) is 6.61 Å². The second-order valence-electron chi connectivity index (χ2n) is 3.78. The molecule has 4 nitrogen and oxygen atoms in total. The Morgan fingerprint density at radius 3 is 2.53 bits per heavy atom. The summed E-state index contributed by atoms with van der Waals surface area (Å²) < 4.78 is 15.7. The van der Waals surface area contributed by atoms with Crippen molar-refractivity contribution in [3.63, 3.8) is 0 Å². The molecule has 1 unspecified atom stereocenters. The molecule has 0 saturated heterocycles. The molecule has 0 saturated carbocycles. The molecule has 0 aromatic heterocycles. The SMILES string of the molecule is CCOC(=O)C1=C(c2c(Cl)cccc2Cl)OC(C)O1. The number of hydrogen-bond donors (Lipinski definition) is 0. The van der Waals surface area contributed by atoms with Gasteiger partial charge in [-0.3, -0.25) is 0 Å². The zero-order valence-corrected chi connectivity index (χ0v) is 11.9. The van der Waals surface area contributed by atoms with Crippen molar-refractivity contribution < 1.29 is 19.0 Å². The van der Waals surface area contributed by atoms with Crippen LogP contribution in [-0.2, 0) is 19.0 Å². The molecule has 6 heteroatoms. The summed E-state index contributed by atoms with van der Waals surface area (Å²) >= 11 is 12.2. The average molecular weight is 303 g/mol. The van der Waals surface area contributed by atoms with Crippen molar-refractivity contribution >= 4 is 34.9 Å². The number of hydrogen-bond acceptors (Lipinski definition) is 4. The number of benzene rings is 1. The van der Waals surface area contributed by atoms with E-state index in [1.165, 1.54) is 0 Å². The standard InChI is InChI=1S/C13H12Cl2O4/c1-3-17-13(16)12-11(18-7(2)19-12)10-8(14)5-4-6-9(10)15/h4-7H,3H2,1-2H3. The second-order valence-corrected chi connectivity index (χ2v) is 4.59. The van der Waals surface area contributed by atoms with Crippen molar-refractivity contribution in [3.8, 4) is 0 Å². The third-order valence-electron chi connectivity index (χ3n) is 2.42. The zero-order chi connectivity index (χ0) is 14.0. The maximum atomic E-state index is 11.8. The molecule has 0 N–H and O–H groups in total. The lowest BCUT2D eigenvalue weighted by Gasteiger charge is -2.08. The summed E-state index contributed by atoms with van der Waals surface area (Å²) in [6, 6.07) is 5.02. The number of halogens is 2. The smallest absolute Gasteiger partial charge is 0.377 e. The first-order valence-electron chi connectivity index (χ1n) is 5.73. The first-order chi connectivity index (χ1) is 9.04. The molecular weight excluding hydrogens is 291 g/mol. The Bertz CT molecular complexity index is 519. The summed E-state index contributed by atoms with van der Waals surface area (Å²) in [6.45, 7) is 3.61. The first kappa shape index (κ1) is 14.0. The van der Waals surface area contributed by atoms with Crippen LogP contribution in [0.3, 0.4) is 0 Å². The van der Waals surface area contributed by atoms with Crippen LogP contribution in [0.1, 0.15) is 19.4 Å². The number of rotatable bonds is 3. The van der Waals surface area contributed by atoms with E-state index in [0.717, 1.165) is 0 Å². The van der Waals surface area contributed by atoms with Crippen LogP contribution in [0.4, 0.5) is 0 Å². The van der Waals surface area contributed by atoms with E-state index >= 15 is 0 Å². The van der Waals surface area contributed by atoms with Crippen LogP contribution in [0.25, 0.3) is 5.76 Å². The fourth-order valence-corrected chi connectivity index (χ4v) is 2.26. The summed E-state index contributed by atoms with van der Waals surface area (Å²) in [7, 11) is 0. The molecule has 102 valence electrons. The Hall–Kier alpha value is -1.39. The van der Waals surface area contributed by atoms with E-state index < -0.39 is 12.3 Å². The predicted molar refractivity (Wildman–Crippen MR) is 71.6 cm³/mol. The van der Waals surface area contributed by atoms with Gasteiger partial charge in [0, 0.05) is 6.92 Å². The minimum absolute atomic E-state index is 0.00986. The minimum Gasteiger partial charge on any atom is -0.460 e. The molecule has 0 amide bonds. The van der Waals surface area contributed by atoms with Crippen LogP contribution in [0.5, 0.6) is 0 Å². The molecule has 0 bridgehead atoms. The van der Waals surface area contributed by atoms with E-state index in [2.05, 4.69) is 0 Å². The Morgan fingerprint density at radius 1 is 1.32 bits per heavy atom. The Labute approximate surface area is 120 Å². The van der Waals surface area contributed by atoms with E-state index in [9.17, 15) is 4.79 Å². The molecule has 1 aliphatic heterocycles. The molecule has 1 aromatic rings. The summed E-state index contributed by atoms with van der Waals surface area (Å²) in [5.41, 5.74) is 0.429. The lowest BCUT2D eigenvalue weighted by Crippen LogP contribution is -2.10. The van der Waals surface area contributed by atoms with Crippen molar-refractivity contribution in [2.45, 2.75) is 20.1 Å². The van der Waals surface area contributed by atoms with Gasteiger partial charge >= 0.3 is 5.97 Å². The minimum atomic E-state index is -0.599. The van der Waals surface area contributed by atoms with E-state index in [1.54, 1.807) is 32.0 Å². The van der Waals surface area contributed by atoms with E-state index in [1.807, 2.05) is 0 Å². The largest absolute Gasteiger partial charge is 0.460 e. The molecular formula is C13H12Cl2O4. The maximum absolute atomic E-state index is 11.8. The molecule has 0 radical (unpaired) electrons. The number of esters is 1. The normalized spacial score (nSPS) is 18.0. The number of ether oxygens (including phenoxy) is 3. The molecule has 1 atom stereocenters. The molecule has 1 heterocycles. The van der Waals surface area contributed by atoms with Gasteiger partial charge in [0.25, 0.3) is 5.76 Å². The monoisotopic (exact) mass is 302 g/mol. The van der Waals surface area contributed by atoms with E-state index in [0.29, 0.717) is 15.6 Å². The Balaban J connectivity index is 2.50. The number of carbonyl (C=O) groups is 1. The second kappa shape index (κ2) is 5.72. The molecule has 1 aromatic carbocycles. The quantitative estimate of drug-likeness (QED) is 0.800. The molecule has 2 rings (SSSR count). The highest BCUT2D eigenvalue weighted by molar-refractivity contribution is 6.37. The van der Waals surface area contributed by atoms with Gasteiger partial charge in [0.2, 0.25) is 6.29 Å². The first-order valence-corrected chi connectivity index (χ1v) is 6.49. The van der Waals surface area contributed by atoms with Crippen molar-refractivity contribution in [1.82, 2.24) is 0 Å². The van der Waals surface area contributed by atoms with Crippen LogP contribution < -0.4 is 0 Å². The third kappa shape index (κ3) is 2.80. The van der Waals surface area contributed by atoms with Crippen LogP contribution in [-0.4, -0.2) is 18.9 Å². The van der Waals surface area contributed by atoms with Gasteiger partial charge in [-0.1, -0.05) is 29.3 Å². The zero-order valence-electron chi connectivity index (χ0n) is 10.4. The lowest BCUT2D eigenvalue weighted by molar-refractivity contribution is -0.144. The lowest BCUT2D eigenvalue weighted by atomic mass is 10.1. The summed E-state index contributed by atoms with van der Waals surface area (Å²) in [4.78, 5) is 11.8. The number of carbonyl (C=O) groups excluding carboxylic acids is 1. The molecule has 0 aliphatic carbocycles. The summed E-state index contributed by atoms with van der Waals surface area (Å²) in [5.74, 6) is -0.399. The molecule has 0 fully saturated rings. The summed E-state index contributed by atoms with van der Waals surface area (Å²) in [5, 5.41) is 0.754. The van der Waals surface area contributed by atoms with Gasteiger partial charge in [-0.2, -0.15) is 0 Å².